The van der Waals surface area contributed by atoms with E-state index in [4.69, 9.17) is 16.0 Å². The Morgan fingerprint density at radius 2 is 2.07 bits per heavy atom. The lowest BCUT2D eigenvalue weighted by Crippen LogP contribution is -2.38. The van der Waals surface area contributed by atoms with Gasteiger partial charge >= 0.3 is 6.18 Å². The summed E-state index contributed by atoms with van der Waals surface area (Å²) in [4.78, 5) is 14.5. The van der Waals surface area contributed by atoms with Crippen LogP contribution in [0.15, 0.2) is 22.8 Å². The van der Waals surface area contributed by atoms with Crippen LogP contribution in [0.2, 0.25) is 5.02 Å². The molecule has 0 spiro atoms. The summed E-state index contributed by atoms with van der Waals surface area (Å²) in [7, 11) is 0. The molecule has 2 aromatic rings. The molecule has 4 rings (SSSR count). The molecule has 10 heteroatoms. The van der Waals surface area contributed by atoms with E-state index in [1.807, 2.05) is 0 Å². The van der Waals surface area contributed by atoms with Gasteiger partial charge in [-0.2, -0.15) is 18.3 Å². The molecular weight excluding hydrogens is 397 g/mol. The number of alkyl halides is 3. The molecule has 1 saturated heterocycles. The molecular formula is C18H20ClF3N4O2. The summed E-state index contributed by atoms with van der Waals surface area (Å²) in [5, 5.41) is 6.86. The number of rotatable bonds is 2. The number of amides is 1. The standard InChI is InChI=1S/C18H20ClF3N4O2/c1-10-4-6-25(7-5-10)17(27)15-14(19)16-23-11(12-3-2-8-28-12)9-13(18(20,21)22)26(16)24-15/h2-3,8,10-11,13,23H,4-7,9H2,1H3/t11-,13-/m0/s1. The van der Waals surface area contributed by atoms with Crippen molar-refractivity contribution >= 4 is 23.3 Å². The molecule has 2 atom stereocenters. The molecule has 0 aromatic carbocycles. The van der Waals surface area contributed by atoms with Gasteiger partial charge in [0.15, 0.2) is 11.7 Å². The van der Waals surface area contributed by atoms with Gasteiger partial charge in [-0.05, 0) is 30.9 Å². The molecule has 0 radical (unpaired) electrons. The molecule has 1 fully saturated rings. The number of fused-ring (bicyclic) bond motifs is 1. The second kappa shape index (κ2) is 7.02. The summed E-state index contributed by atoms with van der Waals surface area (Å²) in [5.74, 6) is 0.442. The van der Waals surface area contributed by atoms with Crippen molar-refractivity contribution in [2.75, 3.05) is 18.4 Å². The summed E-state index contributed by atoms with van der Waals surface area (Å²) in [6.07, 6.45) is -1.75. The van der Waals surface area contributed by atoms with Crippen LogP contribution in [0.25, 0.3) is 0 Å². The van der Waals surface area contributed by atoms with E-state index in [0.29, 0.717) is 24.8 Å². The van der Waals surface area contributed by atoms with Crippen LogP contribution in [-0.4, -0.2) is 39.9 Å². The Morgan fingerprint density at radius 1 is 1.36 bits per heavy atom. The fraction of sp³-hybridized carbons (Fsp3) is 0.556. The van der Waals surface area contributed by atoms with Crippen molar-refractivity contribution in [3.8, 4) is 0 Å². The highest BCUT2D eigenvalue weighted by Crippen LogP contribution is 2.46. The van der Waals surface area contributed by atoms with Gasteiger partial charge in [-0.3, -0.25) is 4.79 Å². The number of nitrogens with zero attached hydrogens (tertiary/aromatic N) is 3. The fourth-order valence-corrected chi connectivity index (χ4v) is 4.02. The van der Waals surface area contributed by atoms with Crippen LogP contribution in [0.3, 0.4) is 0 Å². The minimum Gasteiger partial charge on any atom is -0.467 e. The first-order valence-corrected chi connectivity index (χ1v) is 9.57. The van der Waals surface area contributed by atoms with Gasteiger partial charge in [0.05, 0.1) is 12.3 Å². The average Bonchev–Trinajstić information content (AvgIpc) is 3.29. The second-order valence-corrected chi connectivity index (χ2v) is 7.81. The van der Waals surface area contributed by atoms with E-state index in [1.165, 1.54) is 6.26 Å². The number of nitrogens with one attached hydrogen (secondary N) is 1. The van der Waals surface area contributed by atoms with Gasteiger partial charge in [0.1, 0.15) is 16.6 Å². The summed E-state index contributed by atoms with van der Waals surface area (Å²) in [6, 6.07) is 0.590. The lowest BCUT2D eigenvalue weighted by Gasteiger charge is -2.32. The Labute approximate surface area is 164 Å². The third kappa shape index (κ3) is 3.36. The van der Waals surface area contributed by atoms with Crippen LogP contribution >= 0.6 is 11.6 Å². The zero-order valence-corrected chi connectivity index (χ0v) is 15.9. The van der Waals surface area contributed by atoms with Crippen molar-refractivity contribution in [1.29, 1.82) is 0 Å². The Morgan fingerprint density at radius 3 is 2.68 bits per heavy atom. The molecule has 1 amide bonds. The molecule has 28 heavy (non-hydrogen) atoms. The number of halogens is 4. The molecule has 2 aliphatic heterocycles. The highest BCUT2D eigenvalue weighted by molar-refractivity contribution is 6.36. The average molecular weight is 417 g/mol. The van der Waals surface area contributed by atoms with E-state index < -0.39 is 24.2 Å². The molecule has 0 aliphatic carbocycles. The number of furan rings is 1. The minimum atomic E-state index is -4.54. The zero-order valence-electron chi connectivity index (χ0n) is 15.2. The summed E-state index contributed by atoms with van der Waals surface area (Å²) < 4.78 is 47.2. The zero-order chi connectivity index (χ0) is 20.1. The van der Waals surface area contributed by atoms with E-state index in [9.17, 15) is 18.0 Å². The van der Waals surface area contributed by atoms with Crippen molar-refractivity contribution in [1.82, 2.24) is 14.7 Å². The van der Waals surface area contributed by atoms with Crippen molar-refractivity contribution in [2.24, 2.45) is 5.92 Å². The first-order valence-electron chi connectivity index (χ1n) is 9.19. The highest BCUT2D eigenvalue weighted by Gasteiger charge is 2.48. The smallest absolute Gasteiger partial charge is 0.410 e. The first-order chi connectivity index (χ1) is 13.3. The number of piperidine rings is 1. The van der Waals surface area contributed by atoms with Crippen LogP contribution in [0.4, 0.5) is 19.0 Å². The predicted molar refractivity (Wildman–Crippen MR) is 96.3 cm³/mol. The topological polar surface area (TPSA) is 63.3 Å². The molecule has 2 aliphatic rings. The monoisotopic (exact) mass is 416 g/mol. The fourth-order valence-electron chi connectivity index (χ4n) is 3.76. The van der Waals surface area contributed by atoms with Crippen LogP contribution in [0, 0.1) is 5.92 Å². The minimum absolute atomic E-state index is 0.00892. The van der Waals surface area contributed by atoms with E-state index >= 15 is 0 Å². The van der Waals surface area contributed by atoms with Crippen molar-refractivity contribution < 1.29 is 22.4 Å². The molecule has 152 valence electrons. The van der Waals surface area contributed by atoms with Crippen LogP contribution in [0.1, 0.15) is 54.5 Å². The van der Waals surface area contributed by atoms with Gasteiger partial charge in [0, 0.05) is 19.5 Å². The summed E-state index contributed by atoms with van der Waals surface area (Å²) >= 11 is 6.34. The van der Waals surface area contributed by atoms with E-state index in [-0.39, 0.29) is 23.0 Å². The van der Waals surface area contributed by atoms with Gasteiger partial charge in [-0.1, -0.05) is 18.5 Å². The third-order valence-corrected chi connectivity index (χ3v) is 5.81. The van der Waals surface area contributed by atoms with E-state index in [0.717, 1.165) is 17.5 Å². The van der Waals surface area contributed by atoms with Crippen LogP contribution in [0.5, 0.6) is 0 Å². The predicted octanol–water partition coefficient (Wildman–Crippen LogP) is 4.66. The maximum absolute atomic E-state index is 13.7. The molecule has 0 unspecified atom stereocenters. The Balaban J connectivity index is 1.69. The van der Waals surface area contributed by atoms with Gasteiger partial charge in [-0.15, -0.1) is 0 Å². The third-order valence-electron chi connectivity index (χ3n) is 5.46. The molecule has 2 aromatic heterocycles. The van der Waals surface area contributed by atoms with Crippen molar-refractivity contribution in [3.63, 3.8) is 0 Å². The Hall–Kier alpha value is -2.16. The Kier molecular flexibility index (Phi) is 4.81. The molecule has 1 N–H and O–H groups in total. The number of carbonyl (C=O) groups excluding carboxylic acids is 1. The number of anilines is 1. The molecule has 0 bridgehead atoms. The van der Waals surface area contributed by atoms with E-state index in [1.54, 1.807) is 17.0 Å². The number of hydrogen-bond donors (Lipinski definition) is 1. The maximum atomic E-state index is 13.7. The quantitative estimate of drug-likeness (QED) is 0.773. The lowest BCUT2D eigenvalue weighted by atomic mass is 9.99. The largest absolute Gasteiger partial charge is 0.467 e. The lowest BCUT2D eigenvalue weighted by molar-refractivity contribution is -0.174. The number of aromatic nitrogens is 2. The summed E-state index contributed by atoms with van der Waals surface area (Å²) in [5.41, 5.74) is -0.145. The number of likely N-dealkylation sites (tertiary alicyclic amines) is 1. The van der Waals surface area contributed by atoms with Gasteiger partial charge in [0.25, 0.3) is 5.91 Å². The maximum Gasteiger partial charge on any atom is 0.410 e. The SMILES string of the molecule is CC1CCN(C(=O)c2nn3c(c2Cl)N[C@H](c2ccco2)C[C@H]3C(F)(F)F)CC1. The normalized spacial score (nSPS) is 23.4. The summed E-state index contributed by atoms with van der Waals surface area (Å²) in [6.45, 7) is 3.20. The van der Waals surface area contributed by atoms with Crippen LogP contribution < -0.4 is 5.32 Å². The van der Waals surface area contributed by atoms with Crippen molar-refractivity contribution in [2.45, 2.75) is 44.4 Å². The molecule has 0 saturated carbocycles. The van der Waals surface area contributed by atoms with Gasteiger partial charge in [0.2, 0.25) is 0 Å². The van der Waals surface area contributed by atoms with Gasteiger partial charge < -0.3 is 14.6 Å². The first kappa shape index (κ1) is 19.2. The van der Waals surface area contributed by atoms with Crippen molar-refractivity contribution in [3.05, 3.63) is 34.9 Å². The Bertz CT molecular complexity index is 857. The van der Waals surface area contributed by atoms with Crippen LogP contribution in [-0.2, 0) is 0 Å². The molecule has 4 heterocycles. The second-order valence-electron chi connectivity index (χ2n) is 7.44. The number of carbonyl (C=O) groups is 1. The highest BCUT2D eigenvalue weighted by atomic mass is 35.5. The number of hydrogen-bond acceptors (Lipinski definition) is 4. The van der Waals surface area contributed by atoms with Gasteiger partial charge in [-0.25, -0.2) is 4.68 Å². The van der Waals surface area contributed by atoms with E-state index in [2.05, 4.69) is 17.3 Å². The molecule has 6 nitrogen and oxygen atoms in total.